The van der Waals surface area contributed by atoms with Crippen LogP contribution in [0.5, 0.6) is 0 Å². The van der Waals surface area contributed by atoms with Gasteiger partial charge in [-0.05, 0) is 24.1 Å². The molecule has 1 aromatic carbocycles. The molecule has 1 aliphatic rings. The lowest BCUT2D eigenvalue weighted by atomic mass is 10.1. The van der Waals surface area contributed by atoms with Gasteiger partial charge in [-0.1, -0.05) is 42.1 Å². The van der Waals surface area contributed by atoms with Crippen LogP contribution in [0.1, 0.15) is 17.2 Å². The first-order valence-electron chi connectivity index (χ1n) is 7.47. The molecule has 0 aliphatic heterocycles. The van der Waals surface area contributed by atoms with Crippen LogP contribution in [-0.2, 0) is 0 Å². The number of halogens is 2. The lowest BCUT2D eigenvalue weighted by molar-refractivity contribution is 0.464. The molecule has 2 atom stereocenters. The number of hydrogen-bond acceptors (Lipinski definition) is 5. The van der Waals surface area contributed by atoms with Crippen LogP contribution in [-0.4, -0.2) is 19.5 Å². The van der Waals surface area contributed by atoms with E-state index in [2.05, 4.69) is 27.3 Å². The smallest absolute Gasteiger partial charge is 0.277 e. The summed E-state index contributed by atoms with van der Waals surface area (Å²) in [6.45, 7) is 0. The van der Waals surface area contributed by atoms with E-state index in [9.17, 15) is 0 Å². The Labute approximate surface area is 153 Å². The average molecular weight is 378 g/mol. The van der Waals surface area contributed by atoms with Crippen LogP contribution in [0.15, 0.2) is 64.5 Å². The Morgan fingerprint density at radius 3 is 2.46 bits per heavy atom. The van der Waals surface area contributed by atoms with E-state index >= 15 is 0 Å². The Kier molecular flexibility index (Phi) is 4.24. The monoisotopic (exact) mass is 377 g/mol. The highest BCUT2D eigenvalue weighted by Gasteiger charge is 2.56. The standard InChI is InChI=1S/C17H13Cl2N3OS/c18-17(19)10-13(17)14(11-4-2-1-3-5-11)24-16-22-21-15(23-16)12-6-8-20-9-7-12/h1-9,13-14H,10H2. The third-order valence-corrected chi connectivity index (χ3v) is 6.02. The van der Waals surface area contributed by atoms with Crippen molar-refractivity contribution in [1.29, 1.82) is 0 Å². The van der Waals surface area contributed by atoms with E-state index in [1.165, 1.54) is 11.8 Å². The molecule has 1 aliphatic carbocycles. The van der Waals surface area contributed by atoms with Gasteiger partial charge in [-0.15, -0.1) is 33.4 Å². The highest BCUT2D eigenvalue weighted by atomic mass is 35.5. The Morgan fingerprint density at radius 2 is 1.79 bits per heavy atom. The second-order valence-corrected chi connectivity index (χ2v) is 8.26. The minimum Gasteiger partial charge on any atom is -0.411 e. The van der Waals surface area contributed by atoms with Gasteiger partial charge in [0.1, 0.15) is 4.33 Å². The highest BCUT2D eigenvalue weighted by Crippen LogP contribution is 2.63. The minimum atomic E-state index is -0.679. The fraction of sp³-hybridized carbons (Fsp3) is 0.235. The highest BCUT2D eigenvalue weighted by molar-refractivity contribution is 7.99. The summed E-state index contributed by atoms with van der Waals surface area (Å²) < 4.78 is 5.12. The lowest BCUT2D eigenvalue weighted by Gasteiger charge is -2.15. The van der Waals surface area contributed by atoms with Gasteiger partial charge in [-0.3, -0.25) is 4.98 Å². The molecule has 0 saturated heterocycles. The van der Waals surface area contributed by atoms with Crippen molar-refractivity contribution in [2.24, 2.45) is 5.92 Å². The van der Waals surface area contributed by atoms with E-state index in [1.54, 1.807) is 12.4 Å². The van der Waals surface area contributed by atoms with Crippen LogP contribution >= 0.6 is 35.0 Å². The van der Waals surface area contributed by atoms with E-state index in [1.807, 2.05) is 30.3 Å². The first-order valence-corrected chi connectivity index (χ1v) is 9.10. The van der Waals surface area contributed by atoms with E-state index in [4.69, 9.17) is 27.6 Å². The van der Waals surface area contributed by atoms with Crippen LogP contribution in [0.25, 0.3) is 11.5 Å². The van der Waals surface area contributed by atoms with Crippen molar-refractivity contribution in [2.45, 2.75) is 21.2 Å². The molecule has 0 N–H and O–H groups in total. The molecule has 2 heterocycles. The van der Waals surface area contributed by atoms with Gasteiger partial charge < -0.3 is 4.42 Å². The Morgan fingerprint density at radius 1 is 1.08 bits per heavy atom. The summed E-state index contributed by atoms with van der Waals surface area (Å²) in [5, 5.41) is 8.86. The van der Waals surface area contributed by atoms with Gasteiger partial charge in [0, 0.05) is 29.1 Å². The van der Waals surface area contributed by atoms with Crippen molar-refractivity contribution in [3.05, 3.63) is 60.4 Å². The zero-order chi connectivity index (χ0) is 16.6. The summed E-state index contributed by atoms with van der Waals surface area (Å²) in [7, 11) is 0. The first kappa shape index (κ1) is 15.9. The summed E-state index contributed by atoms with van der Waals surface area (Å²) in [6.07, 6.45) is 4.14. The number of nitrogens with zero attached hydrogens (tertiary/aromatic N) is 3. The quantitative estimate of drug-likeness (QED) is 0.454. The molecule has 1 saturated carbocycles. The molecule has 4 rings (SSSR count). The number of rotatable bonds is 5. The molecular weight excluding hydrogens is 365 g/mol. The largest absolute Gasteiger partial charge is 0.411 e. The van der Waals surface area contributed by atoms with Crippen molar-refractivity contribution in [2.75, 3.05) is 0 Å². The normalized spacial score (nSPS) is 19.8. The van der Waals surface area contributed by atoms with E-state index < -0.39 is 4.33 Å². The third kappa shape index (κ3) is 3.29. The summed E-state index contributed by atoms with van der Waals surface area (Å²) in [6, 6.07) is 13.8. The zero-order valence-electron chi connectivity index (χ0n) is 12.5. The lowest BCUT2D eigenvalue weighted by Crippen LogP contribution is -2.02. The summed E-state index contributed by atoms with van der Waals surface area (Å²) in [5.41, 5.74) is 2.00. The van der Waals surface area contributed by atoms with Gasteiger partial charge >= 0.3 is 0 Å². The maximum atomic E-state index is 6.30. The van der Waals surface area contributed by atoms with Crippen LogP contribution in [0.2, 0.25) is 0 Å². The van der Waals surface area contributed by atoms with Crippen molar-refractivity contribution in [3.8, 4) is 11.5 Å². The Balaban J connectivity index is 1.59. The average Bonchev–Trinajstić information content (AvgIpc) is 3.03. The molecule has 7 heteroatoms. The van der Waals surface area contributed by atoms with Crippen LogP contribution < -0.4 is 0 Å². The molecule has 0 bridgehead atoms. The van der Waals surface area contributed by atoms with Gasteiger partial charge in [0.2, 0.25) is 5.89 Å². The number of benzene rings is 1. The first-order chi connectivity index (χ1) is 11.6. The van der Waals surface area contributed by atoms with Gasteiger partial charge in [-0.2, -0.15) is 0 Å². The number of thioether (sulfide) groups is 1. The number of aromatic nitrogens is 3. The number of hydrogen-bond donors (Lipinski definition) is 0. The SMILES string of the molecule is ClC1(Cl)CC1C(Sc1nnc(-c2ccncc2)o1)c1ccccc1. The maximum absolute atomic E-state index is 6.30. The number of alkyl halides is 2. The molecule has 2 aromatic heterocycles. The molecule has 24 heavy (non-hydrogen) atoms. The van der Waals surface area contributed by atoms with Crippen molar-refractivity contribution < 1.29 is 4.42 Å². The molecule has 1 fully saturated rings. The molecule has 4 nitrogen and oxygen atoms in total. The third-order valence-electron chi connectivity index (χ3n) is 3.93. The topological polar surface area (TPSA) is 51.8 Å². The molecule has 0 spiro atoms. The van der Waals surface area contributed by atoms with Crippen molar-refractivity contribution in [1.82, 2.24) is 15.2 Å². The predicted octanol–water partition coefficient (Wildman–Crippen LogP) is 5.16. The maximum Gasteiger partial charge on any atom is 0.277 e. The van der Waals surface area contributed by atoms with Crippen LogP contribution in [0.4, 0.5) is 0 Å². The van der Waals surface area contributed by atoms with E-state index in [0.29, 0.717) is 11.1 Å². The fourth-order valence-corrected chi connectivity index (χ4v) is 4.52. The minimum absolute atomic E-state index is 0.0759. The fourth-order valence-electron chi connectivity index (χ4n) is 2.57. The second-order valence-electron chi connectivity index (χ2n) is 5.63. The zero-order valence-corrected chi connectivity index (χ0v) is 14.8. The molecule has 3 aromatic rings. The predicted molar refractivity (Wildman–Crippen MR) is 95.1 cm³/mol. The van der Waals surface area contributed by atoms with Gasteiger partial charge in [0.15, 0.2) is 0 Å². The molecule has 2 unspecified atom stereocenters. The summed E-state index contributed by atoms with van der Waals surface area (Å²) in [4.78, 5) is 3.99. The second kappa shape index (κ2) is 6.39. The van der Waals surface area contributed by atoms with Crippen molar-refractivity contribution >= 4 is 35.0 Å². The van der Waals surface area contributed by atoms with Gasteiger partial charge in [0.05, 0.1) is 0 Å². The van der Waals surface area contributed by atoms with Gasteiger partial charge in [-0.25, -0.2) is 0 Å². The van der Waals surface area contributed by atoms with Crippen LogP contribution in [0, 0.1) is 5.92 Å². The Hall–Kier alpha value is -1.56. The molecular formula is C17H13Cl2N3OS. The molecule has 0 amide bonds. The summed E-state index contributed by atoms with van der Waals surface area (Å²) >= 11 is 14.1. The summed E-state index contributed by atoms with van der Waals surface area (Å²) in [5.74, 6) is 0.634. The molecule has 122 valence electrons. The molecule has 0 radical (unpaired) electrons. The van der Waals surface area contributed by atoms with E-state index in [-0.39, 0.29) is 11.2 Å². The Bertz CT molecular complexity index is 826. The van der Waals surface area contributed by atoms with Gasteiger partial charge in [0.25, 0.3) is 5.22 Å². The number of pyridine rings is 1. The van der Waals surface area contributed by atoms with Crippen LogP contribution in [0.3, 0.4) is 0 Å². The van der Waals surface area contributed by atoms with Crippen molar-refractivity contribution in [3.63, 3.8) is 0 Å². The van der Waals surface area contributed by atoms with E-state index in [0.717, 1.165) is 17.5 Å².